The van der Waals surface area contributed by atoms with Crippen molar-refractivity contribution in [1.29, 1.82) is 0 Å². The molecule has 0 saturated heterocycles. The van der Waals surface area contributed by atoms with Crippen LogP contribution in [0, 0.1) is 5.92 Å². The first-order valence-electron chi connectivity index (χ1n) is 7.94. The molecule has 2 aliphatic rings. The van der Waals surface area contributed by atoms with Crippen LogP contribution in [0.1, 0.15) is 41.4 Å². The Bertz CT molecular complexity index is 820. The van der Waals surface area contributed by atoms with Gasteiger partial charge in [0.1, 0.15) is 17.2 Å². The smallest absolute Gasteiger partial charge is 0.174 e. The second-order valence-electron chi connectivity index (χ2n) is 6.63. The zero-order valence-electron chi connectivity index (χ0n) is 13.4. The van der Waals surface area contributed by atoms with Gasteiger partial charge in [0.05, 0.1) is 18.1 Å². The molecular formula is C19H19NO3. The molecule has 1 aromatic carbocycles. The molecule has 0 amide bonds. The van der Waals surface area contributed by atoms with Crippen molar-refractivity contribution in [3.05, 3.63) is 47.7 Å². The van der Waals surface area contributed by atoms with Crippen molar-refractivity contribution >= 4 is 5.78 Å². The standard InChI is InChI=1S/C19H19NO3/c1-4-8-19-10-11(2)9-14-16(19)17(20-23-14)15-12(18(19)21)6-5-7-13(15)22-3/h4-7,11H,1,8-10H2,2-3H3/t11-,19+/m0/s1. The average Bonchev–Trinajstić information content (AvgIpc) is 2.96. The van der Waals surface area contributed by atoms with Crippen molar-refractivity contribution in [3.63, 3.8) is 0 Å². The minimum Gasteiger partial charge on any atom is -0.496 e. The van der Waals surface area contributed by atoms with E-state index in [1.54, 1.807) is 7.11 Å². The lowest BCUT2D eigenvalue weighted by atomic mass is 9.59. The van der Waals surface area contributed by atoms with Gasteiger partial charge in [0.2, 0.25) is 0 Å². The summed E-state index contributed by atoms with van der Waals surface area (Å²) in [5.41, 5.74) is 2.56. The monoisotopic (exact) mass is 309 g/mol. The van der Waals surface area contributed by atoms with E-state index in [2.05, 4.69) is 18.7 Å². The van der Waals surface area contributed by atoms with Gasteiger partial charge in [-0.25, -0.2) is 0 Å². The minimum atomic E-state index is -0.594. The van der Waals surface area contributed by atoms with Crippen LogP contribution in [-0.2, 0) is 11.8 Å². The topological polar surface area (TPSA) is 52.3 Å². The zero-order chi connectivity index (χ0) is 16.2. The molecule has 2 atom stereocenters. The Kier molecular flexibility index (Phi) is 2.98. The van der Waals surface area contributed by atoms with Crippen LogP contribution >= 0.6 is 0 Å². The largest absolute Gasteiger partial charge is 0.496 e. The first kappa shape index (κ1) is 14.2. The average molecular weight is 309 g/mol. The zero-order valence-corrected chi connectivity index (χ0v) is 13.4. The molecule has 2 aromatic rings. The van der Waals surface area contributed by atoms with E-state index >= 15 is 0 Å². The number of Topliss-reactive ketones (excluding diaryl/α,β-unsaturated/α-hetero) is 1. The number of carbonyl (C=O) groups excluding carboxylic acids is 1. The fraction of sp³-hybridized carbons (Fsp3) is 0.368. The number of hydrogen-bond acceptors (Lipinski definition) is 4. The lowest BCUT2D eigenvalue weighted by molar-refractivity contribution is 0.0839. The van der Waals surface area contributed by atoms with Gasteiger partial charge in [0.25, 0.3) is 0 Å². The Labute approximate surface area is 135 Å². The second-order valence-corrected chi connectivity index (χ2v) is 6.63. The molecule has 0 fully saturated rings. The van der Waals surface area contributed by atoms with E-state index < -0.39 is 5.41 Å². The maximum atomic E-state index is 13.4. The van der Waals surface area contributed by atoms with Crippen molar-refractivity contribution in [2.45, 2.75) is 31.6 Å². The van der Waals surface area contributed by atoms with E-state index in [1.807, 2.05) is 24.3 Å². The van der Waals surface area contributed by atoms with Gasteiger partial charge in [0.15, 0.2) is 5.78 Å². The molecule has 0 bridgehead atoms. The van der Waals surface area contributed by atoms with Crippen molar-refractivity contribution in [2.24, 2.45) is 5.92 Å². The summed E-state index contributed by atoms with van der Waals surface area (Å²) in [6.07, 6.45) is 4.06. The van der Waals surface area contributed by atoms with Crippen LogP contribution in [0.5, 0.6) is 5.75 Å². The lowest BCUT2D eigenvalue weighted by Gasteiger charge is -2.40. The number of methoxy groups -OCH3 is 1. The molecule has 1 heterocycles. The summed E-state index contributed by atoms with van der Waals surface area (Å²) in [7, 11) is 1.61. The maximum Gasteiger partial charge on any atom is 0.174 e. The number of nitrogens with zero attached hydrogens (tertiary/aromatic N) is 1. The van der Waals surface area contributed by atoms with E-state index in [-0.39, 0.29) is 5.78 Å². The summed E-state index contributed by atoms with van der Waals surface area (Å²) in [6.45, 7) is 6.04. The molecule has 2 aliphatic carbocycles. The predicted molar refractivity (Wildman–Crippen MR) is 86.8 cm³/mol. The highest BCUT2D eigenvalue weighted by atomic mass is 16.5. The van der Waals surface area contributed by atoms with Crippen molar-refractivity contribution < 1.29 is 14.1 Å². The number of hydrogen-bond donors (Lipinski definition) is 0. The lowest BCUT2D eigenvalue weighted by Crippen LogP contribution is -2.43. The third-order valence-electron chi connectivity index (χ3n) is 5.13. The Balaban J connectivity index is 2.08. The Morgan fingerprint density at radius 2 is 2.35 bits per heavy atom. The van der Waals surface area contributed by atoms with Gasteiger partial charge in [0, 0.05) is 17.5 Å². The van der Waals surface area contributed by atoms with Crippen LogP contribution in [0.15, 0.2) is 35.4 Å². The number of aromatic nitrogens is 1. The summed E-state index contributed by atoms with van der Waals surface area (Å²) in [6, 6.07) is 5.58. The molecule has 118 valence electrons. The van der Waals surface area contributed by atoms with E-state index in [0.29, 0.717) is 23.7 Å². The molecule has 0 N–H and O–H groups in total. The van der Waals surface area contributed by atoms with Crippen molar-refractivity contribution in [1.82, 2.24) is 5.16 Å². The van der Waals surface area contributed by atoms with E-state index in [4.69, 9.17) is 9.26 Å². The Morgan fingerprint density at radius 1 is 1.52 bits per heavy atom. The number of carbonyl (C=O) groups is 1. The number of ketones is 1. The molecule has 0 aliphatic heterocycles. The number of rotatable bonds is 3. The van der Waals surface area contributed by atoms with E-state index in [0.717, 1.165) is 35.4 Å². The van der Waals surface area contributed by atoms with E-state index in [9.17, 15) is 4.79 Å². The second kappa shape index (κ2) is 4.82. The molecule has 0 spiro atoms. The fourth-order valence-electron chi connectivity index (χ4n) is 4.34. The Hall–Kier alpha value is -2.36. The molecule has 4 rings (SSSR count). The summed E-state index contributed by atoms with van der Waals surface area (Å²) < 4.78 is 11.1. The summed E-state index contributed by atoms with van der Waals surface area (Å²) in [5, 5.41) is 4.32. The Morgan fingerprint density at radius 3 is 3.09 bits per heavy atom. The van der Waals surface area contributed by atoms with Gasteiger partial charge in [-0.3, -0.25) is 4.79 Å². The first-order chi connectivity index (χ1) is 11.1. The molecule has 0 saturated carbocycles. The summed E-state index contributed by atoms with van der Waals surface area (Å²) in [5.74, 6) is 2.01. The highest BCUT2D eigenvalue weighted by molar-refractivity contribution is 6.13. The van der Waals surface area contributed by atoms with Gasteiger partial charge < -0.3 is 9.26 Å². The molecule has 1 aromatic heterocycles. The highest BCUT2D eigenvalue weighted by Gasteiger charge is 2.52. The maximum absolute atomic E-state index is 13.4. The summed E-state index contributed by atoms with van der Waals surface area (Å²) >= 11 is 0. The van der Waals surface area contributed by atoms with Crippen molar-refractivity contribution in [2.75, 3.05) is 7.11 Å². The van der Waals surface area contributed by atoms with Crippen molar-refractivity contribution in [3.8, 4) is 17.0 Å². The molecular weight excluding hydrogens is 290 g/mol. The molecule has 4 nitrogen and oxygen atoms in total. The van der Waals surface area contributed by atoms with Gasteiger partial charge in [-0.2, -0.15) is 0 Å². The minimum absolute atomic E-state index is 0.134. The highest BCUT2D eigenvalue weighted by Crippen LogP contribution is 2.54. The number of benzene rings is 1. The van der Waals surface area contributed by atoms with Crippen LogP contribution in [-0.4, -0.2) is 18.0 Å². The quantitative estimate of drug-likeness (QED) is 0.806. The third-order valence-corrected chi connectivity index (χ3v) is 5.13. The number of ether oxygens (including phenoxy) is 1. The van der Waals surface area contributed by atoms with Gasteiger partial charge in [-0.15, -0.1) is 6.58 Å². The summed E-state index contributed by atoms with van der Waals surface area (Å²) in [4.78, 5) is 13.4. The van der Waals surface area contributed by atoms with Crippen LogP contribution in [0.4, 0.5) is 0 Å². The molecule has 0 unspecified atom stereocenters. The predicted octanol–water partition coefficient (Wildman–Crippen LogP) is 3.94. The van der Waals surface area contributed by atoms with Crippen LogP contribution in [0.3, 0.4) is 0 Å². The number of fused-ring (bicyclic) bond motifs is 2. The first-order valence-corrected chi connectivity index (χ1v) is 7.94. The fourth-order valence-corrected chi connectivity index (χ4v) is 4.34. The van der Waals surface area contributed by atoms with Gasteiger partial charge in [-0.1, -0.05) is 30.3 Å². The number of allylic oxidation sites excluding steroid dienone is 1. The molecule has 0 radical (unpaired) electrons. The van der Waals surface area contributed by atoms with Gasteiger partial charge in [-0.05, 0) is 24.8 Å². The molecule has 4 heteroatoms. The van der Waals surface area contributed by atoms with Crippen LogP contribution < -0.4 is 4.74 Å². The van der Waals surface area contributed by atoms with E-state index in [1.165, 1.54) is 0 Å². The normalized spacial score (nSPS) is 24.8. The third kappa shape index (κ3) is 1.72. The van der Waals surface area contributed by atoms with Crippen LogP contribution in [0.2, 0.25) is 0 Å². The SMILES string of the molecule is C=CC[C@@]12C[C@@H](C)Cc3onc(c31)-c1c(OC)cccc1C2=O. The van der Waals surface area contributed by atoms with Gasteiger partial charge >= 0.3 is 0 Å². The van der Waals surface area contributed by atoms with Crippen LogP contribution in [0.25, 0.3) is 11.3 Å². The molecule has 23 heavy (non-hydrogen) atoms.